The molecule has 0 spiro atoms. The zero-order chi connectivity index (χ0) is 75.6. The van der Waals surface area contributed by atoms with E-state index in [-0.39, 0.29) is 67.2 Å². The Morgan fingerprint density at radius 2 is 0.857 bits per heavy atom. The van der Waals surface area contributed by atoms with Gasteiger partial charge in [-0.2, -0.15) is 0 Å². The highest BCUT2D eigenvalue weighted by molar-refractivity contribution is 6.47. The van der Waals surface area contributed by atoms with Crippen LogP contribution in [0.15, 0.2) is 69.9 Å². The second-order valence-electron chi connectivity index (χ2n) is 23.9. The second kappa shape index (κ2) is 48.3. The van der Waals surface area contributed by atoms with Crippen LogP contribution in [0.1, 0.15) is 67.7 Å². The summed E-state index contributed by atoms with van der Waals surface area (Å²) in [5.74, 6) is -2.95. The van der Waals surface area contributed by atoms with Gasteiger partial charge in [0.05, 0.1) is 157 Å². The van der Waals surface area contributed by atoms with Crippen molar-refractivity contribution in [1.29, 1.82) is 0 Å². The highest BCUT2D eigenvalue weighted by atomic mass is 16.6. The summed E-state index contributed by atoms with van der Waals surface area (Å²) >= 11 is 0. The second-order valence-corrected chi connectivity index (χ2v) is 23.9. The molecule has 2 aromatic heterocycles. The van der Waals surface area contributed by atoms with Gasteiger partial charge in [0.1, 0.15) is 40.5 Å². The number of benzene rings is 2. The first-order valence-electron chi connectivity index (χ1n) is 35.4. The van der Waals surface area contributed by atoms with Crippen LogP contribution in [0.2, 0.25) is 0 Å². The van der Waals surface area contributed by atoms with E-state index in [4.69, 9.17) is 89.7 Å². The monoisotopic (exact) mass is 1470 g/mol. The van der Waals surface area contributed by atoms with Crippen molar-refractivity contribution in [2.24, 2.45) is 32.9 Å². The predicted molar refractivity (Wildman–Crippen MR) is 391 cm³/mol. The van der Waals surface area contributed by atoms with Gasteiger partial charge in [-0.25, -0.2) is 9.97 Å². The van der Waals surface area contributed by atoms with Crippen LogP contribution in [0.25, 0.3) is 22.1 Å². The summed E-state index contributed by atoms with van der Waals surface area (Å²) in [4.78, 5) is 112. The van der Waals surface area contributed by atoms with Crippen LogP contribution in [0, 0.1) is 0 Å². The number of nitrogens with one attached hydrogen (secondary N) is 3. The molecule has 0 radical (unpaired) electrons. The largest absolute Gasteiger partial charge is 0.494 e. The molecule has 0 unspecified atom stereocenters. The molecule has 1 fully saturated rings. The number of imide groups is 1. The lowest BCUT2D eigenvalue weighted by Gasteiger charge is -2.34. The number of unbranched alkanes of at least 4 members (excludes halogenated alkanes) is 1. The molecule has 35 nitrogen and oxygen atoms in total. The number of amides is 7. The minimum atomic E-state index is -0.688. The van der Waals surface area contributed by atoms with Crippen LogP contribution >= 0.6 is 0 Å². The molecule has 0 aliphatic carbocycles. The Bertz CT molecular complexity index is 3560. The molecular weight excluding hydrogens is 1370 g/mol. The summed E-state index contributed by atoms with van der Waals surface area (Å²) in [5, 5.41) is 8.40. The van der Waals surface area contributed by atoms with E-state index in [0.29, 0.717) is 209 Å². The third-order valence-electron chi connectivity index (χ3n) is 15.7. The molecule has 7 amide bonds. The first-order valence-corrected chi connectivity index (χ1v) is 35.4. The van der Waals surface area contributed by atoms with Crippen molar-refractivity contribution in [1.82, 2.24) is 39.1 Å². The van der Waals surface area contributed by atoms with Crippen LogP contribution in [0.4, 0.5) is 11.9 Å². The Balaban J connectivity index is 0.814. The minimum Gasteiger partial charge on any atom is -0.494 e. The molecule has 4 aromatic rings. The lowest BCUT2D eigenvalue weighted by atomic mass is 10.1. The normalized spacial score (nSPS) is 14.2. The number of fused-ring (bicyclic) bond motifs is 2. The van der Waals surface area contributed by atoms with Gasteiger partial charge in [-0.15, -0.1) is 0 Å². The highest BCUT2D eigenvalue weighted by Crippen LogP contribution is 2.34. The van der Waals surface area contributed by atoms with E-state index in [9.17, 15) is 33.6 Å². The molecule has 0 atom stereocenters. The van der Waals surface area contributed by atoms with Crippen LogP contribution in [0.3, 0.4) is 0 Å². The molecule has 2 aliphatic rings. The number of aryl methyl sites for hydroxylation is 2. The average molecular weight is 1480 g/mol. The highest BCUT2D eigenvalue weighted by Gasteiger charge is 2.27. The number of nitrogens with zero attached hydrogens (tertiary/aromatic N) is 9. The van der Waals surface area contributed by atoms with Crippen LogP contribution in [-0.2, 0) is 84.4 Å². The summed E-state index contributed by atoms with van der Waals surface area (Å²) in [6.07, 6.45) is 6.81. The third-order valence-corrected chi connectivity index (χ3v) is 15.7. The summed E-state index contributed by atoms with van der Waals surface area (Å²) in [6.45, 7) is 21.9. The molecule has 0 saturated carbocycles. The molecule has 2 aromatic carbocycles. The van der Waals surface area contributed by atoms with Crippen LogP contribution in [0.5, 0.6) is 11.5 Å². The number of primary amides is 2. The number of aromatic nitrogens is 4. The van der Waals surface area contributed by atoms with Crippen molar-refractivity contribution in [3.05, 3.63) is 71.1 Å². The maximum Gasteiger partial charge on any atom is 0.276 e. The molecule has 0 bridgehead atoms. The maximum atomic E-state index is 13.9. The summed E-state index contributed by atoms with van der Waals surface area (Å²) in [5.41, 5.74) is 26.5. The number of methoxy groups -OCH3 is 1. The number of carbonyl (C=O) groups excluding carboxylic acids is 7. The van der Waals surface area contributed by atoms with E-state index < -0.39 is 41.4 Å². The predicted octanol–water partition coefficient (Wildman–Crippen LogP) is 1.19. The maximum absolute atomic E-state index is 13.9. The van der Waals surface area contributed by atoms with Crippen LogP contribution in [-0.4, -0.2) is 298 Å². The standard InChI is InChI=1S/C70H106N16O19/c1-6-75-56(43-50(3)71)67(92)80-69-78-54-45-52(65(73)90)47-58(94-5)63(54)84(69)15-8-9-16-85-64-55(79-70(85)81-68(93)57(76-7-2)44-51(4)72)46-53(66(74)91)48-59(64)105-22-10-14-82-17-19-83(20-18-82)21-24-96-26-28-98-30-32-100-34-36-102-38-40-104-42-41-103-39-37-101-35-33-99-31-29-97-27-25-95-23-13-77-60(87)49-86-61(88)11-12-62(86)89/h11-12,43-48H,6-10,13-42,49,71-72H2,1-5H3,(H2,73,90)(H2,74,91)(H,77,87)(H,78,80,92)(H,79,81,93). The summed E-state index contributed by atoms with van der Waals surface area (Å²) < 4.78 is 71.6. The third kappa shape index (κ3) is 30.6. The molecule has 35 heteroatoms. The lowest BCUT2D eigenvalue weighted by molar-refractivity contribution is -0.141. The molecule has 6 rings (SSSR count). The Morgan fingerprint density at radius 3 is 1.24 bits per heavy atom. The molecule has 11 N–H and O–H groups in total. The van der Waals surface area contributed by atoms with Gasteiger partial charge in [-0.3, -0.25) is 64.0 Å². The zero-order valence-corrected chi connectivity index (χ0v) is 61.2. The SMILES string of the molecule is CCN=C(C=C(C)N)C(=O)Nc1nc2cc(C(N)=O)cc(OC)c2n1CCCCn1c(NC(=O)C(C=C(C)N)=NCC)nc2cc(C(N)=O)cc(OCCCN3CCN(CCOCCOCCOCCOCCOCCOCCOCCOCCOCCOCCNC(=O)CN4C(=O)C=CC4=O)CC3)c21. The molecule has 2 aliphatic heterocycles. The number of imidazole rings is 2. The van der Waals surface area contributed by atoms with E-state index in [1.165, 1.54) is 31.4 Å². The number of nitrogens with two attached hydrogens (primary N) is 4. The van der Waals surface area contributed by atoms with Gasteiger partial charge >= 0.3 is 0 Å². The van der Waals surface area contributed by atoms with E-state index >= 15 is 0 Å². The van der Waals surface area contributed by atoms with E-state index in [2.05, 4.69) is 35.7 Å². The minimum absolute atomic E-state index is 0.0950. The van der Waals surface area contributed by atoms with Crippen LogP contribution < -0.4 is 48.4 Å². The first-order chi connectivity index (χ1) is 50.9. The van der Waals surface area contributed by atoms with E-state index in [0.717, 1.165) is 56.3 Å². The molecule has 105 heavy (non-hydrogen) atoms. The number of piperazine rings is 1. The Labute approximate surface area is 611 Å². The van der Waals surface area contributed by atoms with Gasteiger partial charge in [0.15, 0.2) is 0 Å². The van der Waals surface area contributed by atoms with Gasteiger partial charge in [-0.05, 0) is 83.4 Å². The molecule has 580 valence electrons. The van der Waals surface area contributed by atoms with Crippen molar-refractivity contribution in [2.75, 3.05) is 222 Å². The van der Waals surface area contributed by atoms with Crippen molar-refractivity contribution in [3.63, 3.8) is 0 Å². The summed E-state index contributed by atoms with van der Waals surface area (Å²) in [7, 11) is 1.46. The Kier molecular flexibility index (Phi) is 39.1. The van der Waals surface area contributed by atoms with Crippen molar-refractivity contribution < 1.29 is 90.4 Å². The number of hydrogen-bond acceptors (Lipinski definition) is 27. The average Bonchev–Trinajstić information content (AvgIpc) is 1.64. The van der Waals surface area contributed by atoms with Crippen molar-refractivity contribution >= 4 is 86.7 Å². The first kappa shape index (κ1) is 85.1. The topological polar surface area (TPSA) is 441 Å². The fraction of sp³-hybridized carbons (Fsp3) is 0.586. The number of ether oxygens (including phenoxy) is 12. The van der Waals surface area contributed by atoms with Crippen molar-refractivity contribution in [2.45, 2.75) is 60.0 Å². The lowest BCUT2D eigenvalue weighted by Crippen LogP contribution is -2.47. The number of anilines is 2. The quantitative estimate of drug-likeness (QED) is 0.0185. The summed E-state index contributed by atoms with van der Waals surface area (Å²) in [6, 6.07) is 6.20. The number of allylic oxidation sites excluding steroid dienone is 2. The molecular formula is C70H106N16O19. The van der Waals surface area contributed by atoms with Crippen molar-refractivity contribution in [3.8, 4) is 11.5 Å². The molecule has 4 heterocycles. The number of hydrogen-bond donors (Lipinski definition) is 7. The van der Waals surface area contributed by atoms with Gasteiger partial charge < -0.3 is 99.1 Å². The molecule has 1 saturated heterocycles. The van der Waals surface area contributed by atoms with Gasteiger partial charge in [0, 0.05) is 107 Å². The number of rotatable bonds is 56. The Hall–Kier alpha value is -8.85. The fourth-order valence-corrected chi connectivity index (χ4v) is 10.7. The smallest absolute Gasteiger partial charge is 0.276 e. The zero-order valence-electron chi connectivity index (χ0n) is 61.2. The van der Waals surface area contributed by atoms with Gasteiger partial charge in [-0.1, -0.05) is 0 Å². The fourth-order valence-electron chi connectivity index (χ4n) is 10.7. The van der Waals surface area contributed by atoms with E-state index in [1.54, 1.807) is 44.4 Å². The van der Waals surface area contributed by atoms with Gasteiger partial charge in [0.25, 0.3) is 23.6 Å². The number of carbonyl (C=O) groups is 7. The Morgan fingerprint density at radius 1 is 0.486 bits per heavy atom. The van der Waals surface area contributed by atoms with Gasteiger partial charge in [0.2, 0.25) is 29.6 Å². The number of aliphatic imine (C=N–C) groups is 2. The van der Waals surface area contributed by atoms with E-state index in [1.807, 2.05) is 4.57 Å².